The summed E-state index contributed by atoms with van der Waals surface area (Å²) in [5.74, 6) is -0.362. The van der Waals surface area contributed by atoms with Crippen LogP contribution >= 0.6 is 0 Å². The summed E-state index contributed by atoms with van der Waals surface area (Å²) in [6.07, 6.45) is 9.68. The predicted molar refractivity (Wildman–Crippen MR) is 159 cm³/mol. The van der Waals surface area contributed by atoms with Crippen molar-refractivity contribution >= 4 is 28.5 Å². The van der Waals surface area contributed by atoms with Crippen LogP contribution < -0.4 is 5.32 Å². The molecule has 4 fully saturated rings. The van der Waals surface area contributed by atoms with Gasteiger partial charge in [-0.05, 0) is 76.1 Å². The Morgan fingerprint density at radius 1 is 1.00 bits per heavy atom. The summed E-state index contributed by atoms with van der Waals surface area (Å²) in [5.41, 5.74) is 1.94. The molecule has 2 bridgehead atoms. The first-order chi connectivity index (χ1) is 20.8. The topological polar surface area (TPSA) is 96.8 Å². The highest BCUT2D eigenvalue weighted by Gasteiger charge is 2.45. The van der Waals surface area contributed by atoms with Crippen LogP contribution in [0.3, 0.4) is 0 Å². The molecule has 5 heterocycles. The Bertz CT molecular complexity index is 1570. The number of nitrogens with zero attached hydrogens (tertiary/aromatic N) is 4. The van der Waals surface area contributed by atoms with Gasteiger partial charge >= 0.3 is 0 Å². The molecule has 10 heteroatoms. The maximum absolute atomic E-state index is 14.6. The van der Waals surface area contributed by atoms with Crippen molar-refractivity contribution in [1.29, 1.82) is 0 Å². The zero-order valence-electron chi connectivity index (χ0n) is 24.7. The van der Waals surface area contributed by atoms with Crippen LogP contribution in [0.1, 0.15) is 66.7 Å². The van der Waals surface area contributed by atoms with Gasteiger partial charge in [-0.2, -0.15) is 0 Å². The highest BCUT2D eigenvalue weighted by atomic mass is 19.1. The molecule has 1 saturated carbocycles. The van der Waals surface area contributed by atoms with E-state index in [9.17, 15) is 18.8 Å². The molecule has 1 aromatic carbocycles. The van der Waals surface area contributed by atoms with Crippen molar-refractivity contribution in [3.05, 3.63) is 59.8 Å². The molecule has 0 radical (unpaired) electrons. The van der Waals surface area contributed by atoms with E-state index in [4.69, 9.17) is 4.74 Å². The first-order valence-corrected chi connectivity index (χ1v) is 15.5. The summed E-state index contributed by atoms with van der Waals surface area (Å²) in [6.45, 7) is 5.81. The highest BCUT2D eigenvalue weighted by molar-refractivity contribution is 6.10. The molecule has 4 aliphatic rings. The first-order valence-electron chi connectivity index (χ1n) is 15.5. The SMILES string of the molecule is CC1COCC(C)N1C(=O)c1cc(F)ccc1-n1cc(C(=O)C2CCN(C(=O)C3NC4CCC3C4)CC2)c2ccncc21. The van der Waals surface area contributed by atoms with Gasteiger partial charge in [0.15, 0.2) is 5.78 Å². The summed E-state index contributed by atoms with van der Waals surface area (Å²) >= 11 is 0. The summed E-state index contributed by atoms with van der Waals surface area (Å²) in [4.78, 5) is 49.1. The van der Waals surface area contributed by atoms with E-state index >= 15 is 0 Å². The summed E-state index contributed by atoms with van der Waals surface area (Å²) < 4.78 is 22.0. The number of hydrogen-bond acceptors (Lipinski definition) is 6. The molecule has 1 aliphatic carbocycles. The first kappa shape index (κ1) is 28.2. The lowest BCUT2D eigenvalue weighted by Gasteiger charge is -2.39. The largest absolute Gasteiger partial charge is 0.377 e. The number of likely N-dealkylation sites (tertiary alicyclic amines) is 1. The van der Waals surface area contributed by atoms with Gasteiger partial charge in [0, 0.05) is 48.4 Å². The molecule has 5 atom stereocenters. The Balaban J connectivity index is 1.16. The number of pyridine rings is 1. The number of fused-ring (bicyclic) bond motifs is 3. The molecule has 5 unspecified atom stereocenters. The molecule has 226 valence electrons. The fourth-order valence-corrected chi connectivity index (χ4v) is 7.82. The van der Waals surface area contributed by atoms with Crippen LogP contribution in [0, 0.1) is 17.7 Å². The normalized spacial score (nSPS) is 27.7. The molecule has 3 aliphatic heterocycles. The van der Waals surface area contributed by atoms with E-state index in [0.717, 1.165) is 24.6 Å². The van der Waals surface area contributed by atoms with Crippen LogP contribution in [0.15, 0.2) is 42.9 Å². The number of morpholine rings is 1. The zero-order chi connectivity index (χ0) is 29.8. The van der Waals surface area contributed by atoms with E-state index in [1.54, 1.807) is 34.1 Å². The average Bonchev–Trinajstić information content (AvgIpc) is 3.75. The molecular weight excluding hydrogens is 549 g/mol. The van der Waals surface area contributed by atoms with Crippen molar-refractivity contribution in [2.24, 2.45) is 11.8 Å². The molecule has 2 amide bonds. The summed E-state index contributed by atoms with van der Waals surface area (Å²) in [6, 6.07) is 6.08. The number of carbonyl (C=O) groups is 3. The summed E-state index contributed by atoms with van der Waals surface area (Å²) in [5, 5.41) is 4.24. The number of ketones is 1. The number of aromatic nitrogens is 2. The van der Waals surface area contributed by atoms with Crippen molar-refractivity contribution in [3.63, 3.8) is 0 Å². The van der Waals surface area contributed by atoms with Crippen molar-refractivity contribution in [2.45, 2.75) is 70.1 Å². The average molecular weight is 588 g/mol. The van der Waals surface area contributed by atoms with Crippen LogP contribution in [0.5, 0.6) is 0 Å². The third kappa shape index (κ3) is 4.94. The maximum atomic E-state index is 14.6. The number of amides is 2. The molecule has 3 saturated heterocycles. The van der Waals surface area contributed by atoms with Crippen molar-refractivity contribution in [3.8, 4) is 5.69 Å². The van der Waals surface area contributed by atoms with Crippen LogP contribution in [-0.4, -0.2) is 87.4 Å². The van der Waals surface area contributed by atoms with E-state index in [1.807, 2.05) is 24.8 Å². The van der Waals surface area contributed by atoms with Gasteiger partial charge in [0.25, 0.3) is 5.91 Å². The number of Topliss-reactive ketones (excluding diaryl/α,β-unsaturated/α-hetero) is 1. The monoisotopic (exact) mass is 587 g/mol. The second-order valence-electron chi connectivity index (χ2n) is 12.8. The minimum atomic E-state index is -0.506. The third-order valence-electron chi connectivity index (χ3n) is 10.0. The number of benzene rings is 1. The molecule has 7 rings (SSSR count). The fraction of sp³-hybridized carbons (Fsp3) is 0.515. The molecule has 2 aromatic heterocycles. The Labute approximate surface area is 250 Å². The molecular formula is C33H38FN5O4. The van der Waals surface area contributed by atoms with Gasteiger partial charge in [-0.1, -0.05) is 0 Å². The second kappa shape index (κ2) is 11.1. The Morgan fingerprint density at radius 2 is 1.77 bits per heavy atom. The Kier molecular flexibility index (Phi) is 7.29. The Hall–Kier alpha value is -3.63. The number of rotatable bonds is 5. The molecule has 9 nitrogen and oxygen atoms in total. The van der Waals surface area contributed by atoms with Gasteiger partial charge in [0.2, 0.25) is 5.91 Å². The van der Waals surface area contributed by atoms with Gasteiger partial charge in [-0.25, -0.2) is 4.39 Å². The van der Waals surface area contributed by atoms with Crippen LogP contribution in [0.4, 0.5) is 4.39 Å². The van der Waals surface area contributed by atoms with Gasteiger partial charge in [0.1, 0.15) is 5.82 Å². The van der Waals surface area contributed by atoms with Crippen molar-refractivity contribution < 1.29 is 23.5 Å². The van der Waals surface area contributed by atoms with Gasteiger partial charge in [-0.15, -0.1) is 0 Å². The van der Waals surface area contributed by atoms with Crippen LogP contribution in [-0.2, 0) is 9.53 Å². The summed E-state index contributed by atoms with van der Waals surface area (Å²) in [7, 11) is 0. The standard InChI is InChI=1S/C33H38FN5O4/c1-19-17-43-18-20(2)39(19)32(41)26-14-23(34)4-6-28(26)38-16-27(25-7-10-35-15-29(25)38)31(40)21-8-11-37(12-9-21)33(42)30-22-3-5-24(13-22)36-30/h4,6-7,10,14-16,19-22,24,30,36H,3,5,8-9,11-13,17-18H2,1-2H3. The van der Waals surface area contributed by atoms with E-state index in [2.05, 4.69) is 10.3 Å². The quantitative estimate of drug-likeness (QED) is 0.454. The van der Waals surface area contributed by atoms with E-state index in [-0.39, 0.29) is 47.2 Å². The predicted octanol–water partition coefficient (Wildman–Crippen LogP) is 3.98. The van der Waals surface area contributed by atoms with Crippen molar-refractivity contribution in [2.75, 3.05) is 26.3 Å². The fourth-order valence-electron chi connectivity index (χ4n) is 7.82. The van der Waals surface area contributed by atoms with E-state index in [1.165, 1.54) is 12.1 Å². The van der Waals surface area contributed by atoms with Crippen LogP contribution in [0.2, 0.25) is 0 Å². The number of nitrogens with one attached hydrogen (secondary N) is 1. The number of ether oxygens (including phenoxy) is 1. The minimum Gasteiger partial charge on any atom is -0.377 e. The van der Waals surface area contributed by atoms with Gasteiger partial charge in [-0.3, -0.25) is 19.4 Å². The van der Waals surface area contributed by atoms with Crippen molar-refractivity contribution in [1.82, 2.24) is 24.7 Å². The van der Waals surface area contributed by atoms with E-state index in [0.29, 0.717) is 67.9 Å². The van der Waals surface area contributed by atoms with Gasteiger partial charge in [0.05, 0.1) is 54.3 Å². The number of halogens is 1. The third-order valence-corrected chi connectivity index (χ3v) is 10.0. The number of carbonyl (C=O) groups excluding carboxylic acids is 3. The zero-order valence-corrected chi connectivity index (χ0v) is 24.7. The highest BCUT2D eigenvalue weighted by Crippen LogP contribution is 2.37. The van der Waals surface area contributed by atoms with E-state index < -0.39 is 5.82 Å². The van der Waals surface area contributed by atoms with Gasteiger partial charge < -0.3 is 24.4 Å². The number of piperidine rings is 2. The molecule has 43 heavy (non-hydrogen) atoms. The molecule has 3 aromatic rings. The van der Waals surface area contributed by atoms with Crippen LogP contribution in [0.25, 0.3) is 16.6 Å². The molecule has 0 spiro atoms. The second-order valence-corrected chi connectivity index (χ2v) is 12.8. The maximum Gasteiger partial charge on any atom is 0.256 e. The smallest absolute Gasteiger partial charge is 0.256 e. The lowest BCUT2D eigenvalue weighted by molar-refractivity contribution is -0.135. The Morgan fingerprint density at radius 3 is 2.47 bits per heavy atom. The molecule has 1 N–H and O–H groups in total. The number of hydrogen-bond donors (Lipinski definition) is 1. The lowest BCUT2D eigenvalue weighted by atomic mass is 9.88. The minimum absolute atomic E-state index is 0.0190. The lowest BCUT2D eigenvalue weighted by Crippen LogP contribution is -2.52.